The minimum absolute atomic E-state index is 0. The number of primary amides is 1. The van der Waals surface area contributed by atoms with E-state index in [-0.39, 0.29) is 30.2 Å². The molecular weight excluding hydrogens is 414 g/mol. The molecule has 5 rings (SSSR count). The van der Waals surface area contributed by atoms with Crippen LogP contribution in [-0.2, 0) is 9.53 Å². The molecule has 1 atom stereocenters. The standard InChI is InChI=1S/C23H25N5O2.ClH/c1-14-20(16-8-11-30-13-16)17(12-24)22-26-18-4-2-3-5-19(18)28(22)23(14)27-9-6-15(7-10-27)21(25)29;/h2-5,15-16H,6-11,13H2,1H3,(H2,25,29);1H. The molecule has 7 nitrogen and oxygen atoms in total. The van der Waals surface area contributed by atoms with Crippen molar-refractivity contribution in [2.24, 2.45) is 11.7 Å². The Morgan fingerprint density at radius 1 is 1.26 bits per heavy atom. The summed E-state index contributed by atoms with van der Waals surface area (Å²) in [7, 11) is 0. The van der Waals surface area contributed by atoms with Gasteiger partial charge in [0, 0.05) is 31.5 Å². The number of para-hydroxylation sites is 2. The molecular formula is C23H26ClN5O2. The number of fused-ring (bicyclic) bond motifs is 3. The van der Waals surface area contributed by atoms with E-state index in [1.807, 2.05) is 24.3 Å². The van der Waals surface area contributed by atoms with Crippen molar-refractivity contribution >= 4 is 40.8 Å². The summed E-state index contributed by atoms with van der Waals surface area (Å²) >= 11 is 0. The predicted molar refractivity (Wildman–Crippen MR) is 122 cm³/mol. The maximum atomic E-state index is 11.7. The highest BCUT2D eigenvalue weighted by molar-refractivity contribution is 5.87. The first-order valence-corrected chi connectivity index (χ1v) is 10.6. The Balaban J connectivity index is 0.00000231. The number of hydrogen-bond donors (Lipinski definition) is 1. The van der Waals surface area contributed by atoms with Gasteiger partial charge in [0.15, 0.2) is 5.65 Å². The first kappa shape index (κ1) is 21.4. The molecule has 0 aliphatic carbocycles. The number of hydrogen-bond acceptors (Lipinski definition) is 5. The summed E-state index contributed by atoms with van der Waals surface area (Å²) in [6.07, 6.45) is 2.39. The molecule has 8 heteroatoms. The number of piperidine rings is 1. The van der Waals surface area contributed by atoms with Crippen molar-refractivity contribution in [1.82, 2.24) is 9.38 Å². The average molecular weight is 440 g/mol. The van der Waals surface area contributed by atoms with Crippen molar-refractivity contribution in [3.8, 4) is 6.07 Å². The monoisotopic (exact) mass is 439 g/mol. The van der Waals surface area contributed by atoms with Crippen LogP contribution in [0, 0.1) is 24.2 Å². The number of aromatic nitrogens is 2. The zero-order valence-electron chi connectivity index (χ0n) is 17.5. The molecule has 0 radical (unpaired) electrons. The number of rotatable bonds is 3. The van der Waals surface area contributed by atoms with Crippen molar-refractivity contribution in [3.63, 3.8) is 0 Å². The highest BCUT2D eigenvalue weighted by atomic mass is 35.5. The number of nitrogens with zero attached hydrogens (tertiary/aromatic N) is 4. The number of carbonyl (C=O) groups is 1. The number of nitriles is 1. The van der Waals surface area contributed by atoms with Gasteiger partial charge in [0.1, 0.15) is 11.9 Å². The molecule has 0 bridgehead atoms. The molecule has 0 saturated carbocycles. The van der Waals surface area contributed by atoms with Crippen LogP contribution in [0.25, 0.3) is 16.7 Å². The Bertz CT molecular complexity index is 1180. The first-order valence-electron chi connectivity index (χ1n) is 10.6. The largest absolute Gasteiger partial charge is 0.381 e. The Labute approximate surface area is 187 Å². The normalized spacial score (nSPS) is 19.5. The van der Waals surface area contributed by atoms with E-state index in [2.05, 4.69) is 22.3 Å². The second-order valence-electron chi connectivity index (χ2n) is 8.33. The molecule has 2 aliphatic rings. The molecule has 0 spiro atoms. The van der Waals surface area contributed by atoms with Gasteiger partial charge in [0.2, 0.25) is 5.91 Å². The zero-order chi connectivity index (χ0) is 20.8. The smallest absolute Gasteiger partial charge is 0.220 e. The first-order chi connectivity index (χ1) is 14.6. The number of ether oxygens (including phenoxy) is 1. The summed E-state index contributed by atoms with van der Waals surface area (Å²) in [5, 5.41) is 10.1. The van der Waals surface area contributed by atoms with E-state index in [0.717, 1.165) is 66.9 Å². The fourth-order valence-electron chi connectivity index (χ4n) is 5.14. The minimum Gasteiger partial charge on any atom is -0.381 e. The number of carbonyl (C=O) groups excluding carboxylic acids is 1. The molecule has 2 aromatic heterocycles. The SMILES string of the molecule is Cc1c(C2CCOC2)c(C#N)c2nc3ccccc3n2c1N1CCC(C(N)=O)CC1.Cl. The number of pyridine rings is 1. The lowest BCUT2D eigenvalue weighted by molar-refractivity contribution is -0.122. The van der Waals surface area contributed by atoms with E-state index in [0.29, 0.717) is 17.8 Å². The second-order valence-corrected chi connectivity index (χ2v) is 8.33. The maximum absolute atomic E-state index is 11.7. The van der Waals surface area contributed by atoms with Crippen LogP contribution in [0.2, 0.25) is 0 Å². The molecule has 2 N–H and O–H groups in total. The summed E-state index contributed by atoms with van der Waals surface area (Å²) in [5.41, 5.74) is 10.9. The lowest BCUT2D eigenvalue weighted by Gasteiger charge is -2.35. The van der Waals surface area contributed by atoms with Crippen molar-refractivity contribution in [2.45, 2.75) is 32.1 Å². The summed E-state index contributed by atoms with van der Waals surface area (Å²) in [4.78, 5) is 18.8. The summed E-state index contributed by atoms with van der Waals surface area (Å²) in [5.74, 6) is 0.986. The fourth-order valence-corrected chi connectivity index (χ4v) is 5.14. The number of benzene rings is 1. The van der Waals surface area contributed by atoms with Gasteiger partial charge in [-0.2, -0.15) is 5.26 Å². The van der Waals surface area contributed by atoms with Gasteiger partial charge >= 0.3 is 0 Å². The quantitative estimate of drug-likeness (QED) is 0.675. The van der Waals surface area contributed by atoms with Gasteiger partial charge in [0.05, 0.1) is 23.2 Å². The van der Waals surface area contributed by atoms with E-state index in [1.165, 1.54) is 0 Å². The molecule has 1 unspecified atom stereocenters. The molecule has 4 heterocycles. The fraction of sp³-hybridized carbons (Fsp3) is 0.435. The van der Waals surface area contributed by atoms with Crippen LogP contribution >= 0.6 is 12.4 Å². The Morgan fingerprint density at radius 3 is 2.65 bits per heavy atom. The van der Waals surface area contributed by atoms with Gasteiger partial charge in [-0.05, 0) is 49.4 Å². The second kappa shape index (κ2) is 8.37. The van der Waals surface area contributed by atoms with Gasteiger partial charge in [-0.1, -0.05) is 12.1 Å². The highest BCUT2D eigenvalue weighted by Crippen LogP contribution is 2.40. The van der Waals surface area contributed by atoms with Gasteiger partial charge in [-0.25, -0.2) is 4.98 Å². The topological polar surface area (TPSA) is 96.7 Å². The van der Waals surface area contributed by atoms with Gasteiger partial charge in [0.25, 0.3) is 0 Å². The van der Waals surface area contributed by atoms with E-state index in [9.17, 15) is 10.1 Å². The van der Waals surface area contributed by atoms with Crippen LogP contribution in [0.4, 0.5) is 5.82 Å². The highest BCUT2D eigenvalue weighted by Gasteiger charge is 2.32. The average Bonchev–Trinajstić information content (AvgIpc) is 3.41. The van der Waals surface area contributed by atoms with E-state index in [1.54, 1.807) is 0 Å². The van der Waals surface area contributed by atoms with Crippen LogP contribution < -0.4 is 10.6 Å². The van der Waals surface area contributed by atoms with Crippen LogP contribution in [0.5, 0.6) is 0 Å². The van der Waals surface area contributed by atoms with Crippen LogP contribution in [0.3, 0.4) is 0 Å². The summed E-state index contributed by atoms with van der Waals surface area (Å²) in [6, 6.07) is 10.5. The van der Waals surface area contributed by atoms with Crippen molar-refractivity contribution in [2.75, 3.05) is 31.2 Å². The maximum Gasteiger partial charge on any atom is 0.220 e. The Morgan fingerprint density at radius 2 is 2.00 bits per heavy atom. The minimum atomic E-state index is -0.215. The number of anilines is 1. The van der Waals surface area contributed by atoms with E-state index >= 15 is 0 Å². The molecule has 3 aromatic rings. The Hall–Kier alpha value is -2.82. The van der Waals surface area contributed by atoms with Gasteiger partial charge in [-0.15, -0.1) is 12.4 Å². The summed E-state index contributed by atoms with van der Waals surface area (Å²) < 4.78 is 7.79. The van der Waals surface area contributed by atoms with Crippen molar-refractivity contribution in [3.05, 3.63) is 41.0 Å². The zero-order valence-corrected chi connectivity index (χ0v) is 18.3. The van der Waals surface area contributed by atoms with Gasteiger partial charge < -0.3 is 15.4 Å². The number of halogens is 1. The van der Waals surface area contributed by atoms with Crippen molar-refractivity contribution in [1.29, 1.82) is 5.26 Å². The van der Waals surface area contributed by atoms with E-state index < -0.39 is 0 Å². The molecule has 2 saturated heterocycles. The number of imidazole rings is 1. The van der Waals surface area contributed by atoms with Crippen LogP contribution in [0.15, 0.2) is 24.3 Å². The van der Waals surface area contributed by atoms with E-state index in [4.69, 9.17) is 15.5 Å². The third-order valence-electron chi connectivity index (χ3n) is 6.65. The third kappa shape index (κ3) is 3.40. The van der Waals surface area contributed by atoms with Crippen molar-refractivity contribution < 1.29 is 9.53 Å². The molecule has 1 amide bonds. The van der Waals surface area contributed by atoms with Crippen LogP contribution in [0.1, 0.15) is 41.9 Å². The number of amides is 1. The molecule has 1 aromatic carbocycles. The third-order valence-corrected chi connectivity index (χ3v) is 6.65. The molecule has 2 aliphatic heterocycles. The van der Waals surface area contributed by atoms with Gasteiger partial charge in [-0.3, -0.25) is 9.20 Å². The predicted octanol–water partition coefficient (Wildman–Crippen LogP) is 3.30. The molecule has 2 fully saturated rings. The van der Waals surface area contributed by atoms with Crippen LogP contribution in [-0.4, -0.2) is 41.6 Å². The summed E-state index contributed by atoms with van der Waals surface area (Å²) in [6.45, 7) is 4.97. The number of nitrogens with two attached hydrogens (primary N) is 1. The lowest BCUT2D eigenvalue weighted by Crippen LogP contribution is -2.39. The molecule has 162 valence electrons. The lowest BCUT2D eigenvalue weighted by atomic mass is 9.89. The molecule has 31 heavy (non-hydrogen) atoms. The Kier molecular flexibility index (Phi) is 5.78.